The number of nitrogens with two attached hydrogens (primary N) is 1. The molecule has 1 fully saturated rings. The first kappa shape index (κ1) is 15.3. The minimum Gasteiger partial charge on any atom is -0.369 e. The van der Waals surface area contributed by atoms with E-state index in [-0.39, 0.29) is 0 Å². The summed E-state index contributed by atoms with van der Waals surface area (Å²) in [6.07, 6.45) is 2.54. The molecule has 4 heteroatoms. The Balaban J connectivity index is 1.86. The molecule has 1 aromatic rings. The van der Waals surface area contributed by atoms with Gasteiger partial charge in [-0.2, -0.15) is 0 Å². The van der Waals surface area contributed by atoms with Crippen molar-refractivity contribution in [3.05, 3.63) is 29.8 Å². The summed E-state index contributed by atoms with van der Waals surface area (Å²) in [6.45, 7) is 8.39. The van der Waals surface area contributed by atoms with Crippen LogP contribution in [0.3, 0.4) is 0 Å². The van der Waals surface area contributed by atoms with E-state index in [1.54, 1.807) is 0 Å². The fourth-order valence-corrected chi connectivity index (χ4v) is 2.61. The average Bonchev–Trinajstić information content (AvgIpc) is 2.47. The molecule has 0 aromatic heterocycles. The van der Waals surface area contributed by atoms with Gasteiger partial charge < -0.3 is 9.80 Å². The van der Waals surface area contributed by atoms with Crippen LogP contribution in [-0.4, -0.2) is 49.7 Å². The smallest absolute Gasteiger partial charge is 0.0367 e. The van der Waals surface area contributed by atoms with Gasteiger partial charge in [0.1, 0.15) is 0 Å². The van der Waals surface area contributed by atoms with Gasteiger partial charge in [0.15, 0.2) is 0 Å². The third-order valence-electron chi connectivity index (χ3n) is 3.96. The minimum absolute atomic E-state index is 0.946. The van der Waals surface area contributed by atoms with Crippen LogP contribution in [0.5, 0.6) is 0 Å². The number of nitrogens with zero attached hydrogens (tertiary/aromatic N) is 3. The van der Waals surface area contributed by atoms with Crippen LogP contribution in [0.4, 0.5) is 5.69 Å². The van der Waals surface area contributed by atoms with Crippen molar-refractivity contribution < 1.29 is 0 Å². The van der Waals surface area contributed by atoms with E-state index >= 15 is 0 Å². The zero-order chi connectivity index (χ0) is 14.4. The van der Waals surface area contributed by atoms with Crippen molar-refractivity contribution in [2.45, 2.75) is 26.3 Å². The van der Waals surface area contributed by atoms with Crippen molar-refractivity contribution in [3.8, 4) is 0 Å². The van der Waals surface area contributed by atoms with Gasteiger partial charge in [-0.05, 0) is 37.7 Å². The Labute approximate surface area is 123 Å². The third-order valence-corrected chi connectivity index (χ3v) is 3.96. The van der Waals surface area contributed by atoms with E-state index in [0.29, 0.717) is 0 Å². The standard InChI is InChI=1S/C16H28N4/c1-3-4-9-18(2)14-15-5-7-16(8-6-15)19-10-12-20(17)13-11-19/h5-8H,3-4,9-14,17H2,1-2H3. The number of benzene rings is 1. The number of hydrogen-bond donors (Lipinski definition) is 1. The second-order valence-electron chi connectivity index (χ2n) is 5.78. The van der Waals surface area contributed by atoms with Crippen molar-refractivity contribution >= 4 is 5.69 Å². The summed E-state index contributed by atoms with van der Waals surface area (Å²) in [5.74, 6) is 5.80. The molecule has 1 aliphatic heterocycles. The molecule has 0 unspecified atom stereocenters. The maximum Gasteiger partial charge on any atom is 0.0367 e. The second kappa shape index (κ2) is 7.62. The Morgan fingerprint density at radius 2 is 1.75 bits per heavy atom. The van der Waals surface area contributed by atoms with Crippen LogP contribution in [0.2, 0.25) is 0 Å². The molecular weight excluding hydrogens is 248 g/mol. The SMILES string of the molecule is CCCCN(C)Cc1ccc(N2CCN(N)CC2)cc1. The Morgan fingerprint density at radius 3 is 2.35 bits per heavy atom. The van der Waals surface area contributed by atoms with Gasteiger partial charge in [-0.25, -0.2) is 5.01 Å². The van der Waals surface area contributed by atoms with Crippen LogP contribution in [0.1, 0.15) is 25.3 Å². The van der Waals surface area contributed by atoms with Gasteiger partial charge in [-0.3, -0.25) is 5.84 Å². The molecule has 4 nitrogen and oxygen atoms in total. The molecule has 1 aromatic carbocycles. The first-order valence-electron chi connectivity index (χ1n) is 7.71. The van der Waals surface area contributed by atoms with Gasteiger partial charge in [-0.15, -0.1) is 0 Å². The summed E-state index contributed by atoms with van der Waals surface area (Å²) in [6, 6.07) is 9.00. The molecule has 0 saturated carbocycles. The molecule has 0 spiro atoms. The predicted molar refractivity (Wildman–Crippen MR) is 85.7 cm³/mol. The second-order valence-corrected chi connectivity index (χ2v) is 5.78. The molecule has 2 rings (SSSR count). The van der Waals surface area contributed by atoms with Gasteiger partial charge in [0.25, 0.3) is 0 Å². The van der Waals surface area contributed by atoms with E-state index in [9.17, 15) is 0 Å². The van der Waals surface area contributed by atoms with E-state index in [4.69, 9.17) is 5.84 Å². The van der Waals surface area contributed by atoms with Crippen molar-refractivity contribution in [3.63, 3.8) is 0 Å². The number of piperazine rings is 1. The highest BCUT2D eigenvalue weighted by Gasteiger charge is 2.14. The Hall–Kier alpha value is -1.10. The number of hydrogen-bond acceptors (Lipinski definition) is 4. The molecule has 1 saturated heterocycles. The maximum absolute atomic E-state index is 5.80. The lowest BCUT2D eigenvalue weighted by Gasteiger charge is -2.33. The molecule has 112 valence electrons. The van der Waals surface area contributed by atoms with Crippen LogP contribution in [0.25, 0.3) is 0 Å². The fourth-order valence-electron chi connectivity index (χ4n) is 2.61. The Kier molecular flexibility index (Phi) is 5.83. The Bertz CT molecular complexity index is 382. The van der Waals surface area contributed by atoms with E-state index in [1.807, 2.05) is 5.01 Å². The maximum atomic E-state index is 5.80. The fraction of sp³-hybridized carbons (Fsp3) is 0.625. The highest BCUT2D eigenvalue weighted by molar-refractivity contribution is 5.48. The number of anilines is 1. The van der Waals surface area contributed by atoms with Crippen LogP contribution in [-0.2, 0) is 6.54 Å². The lowest BCUT2D eigenvalue weighted by Crippen LogP contribution is -2.49. The minimum atomic E-state index is 0.946. The van der Waals surface area contributed by atoms with Gasteiger partial charge >= 0.3 is 0 Å². The van der Waals surface area contributed by atoms with Crippen molar-refractivity contribution in [1.29, 1.82) is 0 Å². The highest BCUT2D eigenvalue weighted by Crippen LogP contribution is 2.17. The summed E-state index contributed by atoms with van der Waals surface area (Å²) in [5, 5.41) is 1.90. The van der Waals surface area contributed by atoms with Crippen LogP contribution >= 0.6 is 0 Å². The lowest BCUT2D eigenvalue weighted by molar-refractivity contribution is 0.266. The molecule has 0 atom stereocenters. The summed E-state index contributed by atoms with van der Waals surface area (Å²) in [5.41, 5.74) is 2.71. The van der Waals surface area contributed by atoms with Crippen molar-refractivity contribution in [2.24, 2.45) is 5.84 Å². The molecule has 20 heavy (non-hydrogen) atoms. The summed E-state index contributed by atoms with van der Waals surface area (Å²) < 4.78 is 0. The number of hydrazine groups is 1. The molecular formula is C16H28N4. The van der Waals surface area contributed by atoms with E-state index < -0.39 is 0 Å². The lowest BCUT2D eigenvalue weighted by atomic mass is 10.1. The predicted octanol–water partition coefficient (Wildman–Crippen LogP) is 1.91. The number of rotatable bonds is 6. The van der Waals surface area contributed by atoms with Gasteiger partial charge in [0, 0.05) is 38.4 Å². The number of unbranched alkanes of at least 4 members (excludes halogenated alkanes) is 1. The zero-order valence-corrected chi connectivity index (χ0v) is 12.9. The molecule has 0 bridgehead atoms. The normalized spacial score (nSPS) is 16.9. The Morgan fingerprint density at radius 1 is 1.10 bits per heavy atom. The molecule has 1 heterocycles. The van der Waals surface area contributed by atoms with Gasteiger partial charge in [0.2, 0.25) is 0 Å². The third kappa shape index (κ3) is 4.47. The van der Waals surface area contributed by atoms with E-state index in [1.165, 1.54) is 30.6 Å². The average molecular weight is 276 g/mol. The zero-order valence-electron chi connectivity index (χ0n) is 12.9. The van der Waals surface area contributed by atoms with Crippen LogP contribution in [0.15, 0.2) is 24.3 Å². The van der Waals surface area contributed by atoms with Crippen molar-refractivity contribution in [1.82, 2.24) is 9.91 Å². The quantitative estimate of drug-likeness (QED) is 0.805. The first-order chi connectivity index (χ1) is 9.69. The van der Waals surface area contributed by atoms with E-state index in [2.05, 4.69) is 48.0 Å². The summed E-state index contributed by atoms with van der Waals surface area (Å²) >= 11 is 0. The summed E-state index contributed by atoms with van der Waals surface area (Å²) in [7, 11) is 2.20. The molecule has 2 N–H and O–H groups in total. The van der Waals surface area contributed by atoms with Gasteiger partial charge in [-0.1, -0.05) is 25.5 Å². The van der Waals surface area contributed by atoms with Crippen LogP contribution < -0.4 is 10.7 Å². The highest BCUT2D eigenvalue weighted by atomic mass is 15.4. The largest absolute Gasteiger partial charge is 0.369 e. The molecule has 0 radical (unpaired) electrons. The van der Waals surface area contributed by atoms with Crippen molar-refractivity contribution in [2.75, 3.05) is 44.7 Å². The molecule has 1 aliphatic rings. The first-order valence-corrected chi connectivity index (χ1v) is 7.71. The van der Waals surface area contributed by atoms with Gasteiger partial charge in [0.05, 0.1) is 0 Å². The topological polar surface area (TPSA) is 35.7 Å². The van der Waals surface area contributed by atoms with Crippen LogP contribution in [0, 0.1) is 0 Å². The monoisotopic (exact) mass is 276 g/mol. The molecule has 0 aliphatic carbocycles. The summed E-state index contributed by atoms with van der Waals surface area (Å²) in [4.78, 5) is 4.81. The molecule has 0 amide bonds. The van der Waals surface area contributed by atoms with E-state index in [0.717, 1.165) is 32.7 Å².